The molecule has 0 atom stereocenters. The van der Waals surface area contributed by atoms with E-state index in [9.17, 15) is 4.39 Å². The van der Waals surface area contributed by atoms with Gasteiger partial charge in [-0.25, -0.2) is 4.39 Å². The summed E-state index contributed by atoms with van der Waals surface area (Å²) in [5.74, 6) is 0.644. The van der Waals surface area contributed by atoms with Crippen LogP contribution in [0.2, 0.25) is 5.02 Å². The van der Waals surface area contributed by atoms with Crippen LogP contribution in [0.25, 0.3) is 0 Å². The molecular formula is C15H13BrClFO2. The summed E-state index contributed by atoms with van der Waals surface area (Å²) in [5.41, 5.74) is 1.44. The second-order valence-electron chi connectivity index (χ2n) is 4.12. The van der Waals surface area contributed by atoms with Crippen molar-refractivity contribution >= 4 is 27.5 Å². The van der Waals surface area contributed by atoms with Gasteiger partial charge in [0.15, 0.2) is 11.5 Å². The van der Waals surface area contributed by atoms with Crippen molar-refractivity contribution in [1.82, 2.24) is 0 Å². The minimum Gasteiger partial charge on any atom is -0.493 e. The van der Waals surface area contributed by atoms with E-state index in [2.05, 4.69) is 15.9 Å². The molecule has 0 saturated carbocycles. The van der Waals surface area contributed by atoms with Crippen LogP contribution < -0.4 is 9.47 Å². The van der Waals surface area contributed by atoms with Crippen LogP contribution in [0.4, 0.5) is 4.39 Å². The lowest BCUT2D eigenvalue weighted by Crippen LogP contribution is -2.01. The third-order valence-electron chi connectivity index (χ3n) is 2.77. The fourth-order valence-electron chi connectivity index (χ4n) is 1.76. The van der Waals surface area contributed by atoms with Gasteiger partial charge in [-0.3, -0.25) is 0 Å². The van der Waals surface area contributed by atoms with E-state index in [1.165, 1.54) is 6.07 Å². The van der Waals surface area contributed by atoms with Crippen LogP contribution in [0.1, 0.15) is 11.1 Å². The number of ether oxygens (including phenoxy) is 2. The maximum absolute atomic E-state index is 13.5. The second kappa shape index (κ2) is 6.95. The van der Waals surface area contributed by atoms with Gasteiger partial charge < -0.3 is 9.47 Å². The van der Waals surface area contributed by atoms with Gasteiger partial charge in [0.2, 0.25) is 0 Å². The van der Waals surface area contributed by atoms with Gasteiger partial charge in [-0.05, 0) is 23.8 Å². The summed E-state index contributed by atoms with van der Waals surface area (Å²) in [7, 11) is 1.54. The zero-order chi connectivity index (χ0) is 14.5. The molecule has 0 aliphatic rings. The summed E-state index contributed by atoms with van der Waals surface area (Å²) in [6.07, 6.45) is 0. The molecule has 2 rings (SSSR count). The van der Waals surface area contributed by atoms with Crippen LogP contribution in [-0.4, -0.2) is 7.11 Å². The number of hydrogen-bond acceptors (Lipinski definition) is 2. The number of benzene rings is 2. The standard InChI is InChI=1S/C15H13BrClFO2/c1-19-14-7-10(8-16)6-12(17)15(14)20-9-11-4-2-3-5-13(11)18/h2-7H,8-9H2,1H3. The third kappa shape index (κ3) is 3.44. The molecule has 0 bridgehead atoms. The van der Waals surface area contributed by atoms with Crippen molar-refractivity contribution in [3.05, 3.63) is 58.4 Å². The van der Waals surface area contributed by atoms with Gasteiger partial charge >= 0.3 is 0 Å². The van der Waals surface area contributed by atoms with Gasteiger partial charge in [-0.1, -0.05) is 45.7 Å². The average Bonchev–Trinajstić information content (AvgIpc) is 2.46. The van der Waals surface area contributed by atoms with Gasteiger partial charge in [-0.2, -0.15) is 0 Å². The monoisotopic (exact) mass is 358 g/mol. The Kier molecular flexibility index (Phi) is 5.26. The molecule has 106 valence electrons. The smallest absolute Gasteiger partial charge is 0.180 e. The number of halogens is 3. The molecule has 0 saturated heterocycles. The van der Waals surface area contributed by atoms with Crippen molar-refractivity contribution < 1.29 is 13.9 Å². The van der Waals surface area contributed by atoms with Crippen molar-refractivity contribution in [1.29, 1.82) is 0 Å². The molecule has 0 spiro atoms. The predicted molar refractivity (Wildman–Crippen MR) is 81.4 cm³/mol. The first kappa shape index (κ1) is 15.1. The minimum atomic E-state index is -0.306. The fourth-order valence-corrected chi connectivity index (χ4v) is 2.37. The molecule has 0 aliphatic carbocycles. The Morgan fingerprint density at radius 1 is 1.25 bits per heavy atom. The molecule has 0 aliphatic heterocycles. The quantitative estimate of drug-likeness (QED) is 0.702. The summed E-state index contributed by atoms with van der Waals surface area (Å²) in [4.78, 5) is 0. The molecule has 0 N–H and O–H groups in total. The van der Waals surface area contributed by atoms with E-state index in [0.717, 1.165) is 5.56 Å². The highest BCUT2D eigenvalue weighted by Crippen LogP contribution is 2.37. The van der Waals surface area contributed by atoms with Crippen LogP contribution >= 0.6 is 27.5 Å². The first-order chi connectivity index (χ1) is 9.65. The molecule has 0 radical (unpaired) electrons. The van der Waals surface area contributed by atoms with Gasteiger partial charge in [0.1, 0.15) is 12.4 Å². The second-order valence-corrected chi connectivity index (χ2v) is 5.09. The van der Waals surface area contributed by atoms with Crippen molar-refractivity contribution in [2.45, 2.75) is 11.9 Å². The zero-order valence-corrected chi connectivity index (χ0v) is 13.2. The van der Waals surface area contributed by atoms with E-state index in [4.69, 9.17) is 21.1 Å². The molecule has 0 amide bonds. The van der Waals surface area contributed by atoms with Crippen LogP contribution in [0.15, 0.2) is 36.4 Å². The largest absolute Gasteiger partial charge is 0.493 e. The fraction of sp³-hybridized carbons (Fsp3) is 0.200. The lowest BCUT2D eigenvalue weighted by Gasteiger charge is -2.14. The highest BCUT2D eigenvalue weighted by molar-refractivity contribution is 9.08. The molecule has 5 heteroatoms. The SMILES string of the molecule is COc1cc(CBr)cc(Cl)c1OCc1ccccc1F. The molecule has 2 nitrogen and oxygen atoms in total. The van der Waals surface area contributed by atoms with Crippen molar-refractivity contribution in [3.63, 3.8) is 0 Å². The summed E-state index contributed by atoms with van der Waals surface area (Å²) in [5, 5.41) is 1.10. The first-order valence-corrected chi connectivity index (χ1v) is 7.44. The molecule has 20 heavy (non-hydrogen) atoms. The summed E-state index contributed by atoms with van der Waals surface area (Å²) < 4.78 is 24.4. The number of alkyl halides is 1. The molecular weight excluding hydrogens is 347 g/mol. The maximum atomic E-state index is 13.5. The Morgan fingerprint density at radius 3 is 2.65 bits per heavy atom. The lowest BCUT2D eigenvalue weighted by atomic mass is 10.2. The average molecular weight is 360 g/mol. The van der Waals surface area contributed by atoms with Crippen LogP contribution in [0, 0.1) is 5.82 Å². The van der Waals surface area contributed by atoms with E-state index in [0.29, 0.717) is 27.4 Å². The van der Waals surface area contributed by atoms with Crippen molar-refractivity contribution in [2.24, 2.45) is 0 Å². The molecule has 2 aromatic rings. The van der Waals surface area contributed by atoms with Crippen LogP contribution in [0.3, 0.4) is 0 Å². The van der Waals surface area contributed by atoms with E-state index in [1.807, 2.05) is 6.07 Å². The van der Waals surface area contributed by atoms with Gasteiger partial charge in [0, 0.05) is 10.9 Å². The molecule has 2 aromatic carbocycles. The molecule has 0 fully saturated rings. The summed E-state index contributed by atoms with van der Waals surface area (Å²) in [6.45, 7) is 0.0937. The molecule has 0 heterocycles. The number of hydrogen-bond donors (Lipinski definition) is 0. The Hall–Kier alpha value is -1.26. The first-order valence-electron chi connectivity index (χ1n) is 5.94. The highest BCUT2D eigenvalue weighted by atomic mass is 79.9. The Balaban J connectivity index is 2.23. The summed E-state index contributed by atoms with van der Waals surface area (Å²) in [6, 6.07) is 10.1. The summed E-state index contributed by atoms with van der Waals surface area (Å²) >= 11 is 9.54. The molecule has 0 aromatic heterocycles. The van der Waals surface area contributed by atoms with Gasteiger partial charge in [-0.15, -0.1) is 0 Å². The Morgan fingerprint density at radius 2 is 2.00 bits per heavy atom. The number of methoxy groups -OCH3 is 1. The van der Waals surface area contributed by atoms with E-state index in [-0.39, 0.29) is 12.4 Å². The maximum Gasteiger partial charge on any atom is 0.180 e. The van der Waals surface area contributed by atoms with E-state index < -0.39 is 0 Å². The van der Waals surface area contributed by atoms with Gasteiger partial charge in [0.05, 0.1) is 12.1 Å². The van der Waals surface area contributed by atoms with Crippen LogP contribution in [-0.2, 0) is 11.9 Å². The van der Waals surface area contributed by atoms with Crippen LogP contribution in [0.5, 0.6) is 11.5 Å². The Labute approximate surface area is 130 Å². The van der Waals surface area contributed by atoms with E-state index >= 15 is 0 Å². The van der Waals surface area contributed by atoms with Crippen molar-refractivity contribution in [2.75, 3.05) is 7.11 Å². The normalized spacial score (nSPS) is 10.4. The predicted octanol–water partition coefficient (Wildman–Crippen LogP) is 4.96. The lowest BCUT2D eigenvalue weighted by molar-refractivity contribution is 0.280. The number of rotatable bonds is 5. The molecule has 0 unspecified atom stereocenters. The van der Waals surface area contributed by atoms with Crippen molar-refractivity contribution in [3.8, 4) is 11.5 Å². The zero-order valence-electron chi connectivity index (χ0n) is 10.8. The highest BCUT2D eigenvalue weighted by Gasteiger charge is 2.12. The van der Waals surface area contributed by atoms with E-state index in [1.54, 1.807) is 31.4 Å². The topological polar surface area (TPSA) is 18.5 Å². The van der Waals surface area contributed by atoms with Gasteiger partial charge in [0.25, 0.3) is 0 Å². The Bertz CT molecular complexity index is 604. The minimum absolute atomic E-state index is 0.0937. The third-order valence-corrected chi connectivity index (χ3v) is 3.70.